The molecule has 3 aromatic carbocycles. The molecule has 0 radical (unpaired) electrons. The summed E-state index contributed by atoms with van der Waals surface area (Å²) in [6.07, 6.45) is -2.04. The van der Waals surface area contributed by atoms with Gasteiger partial charge < -0.3 is 43.2 Å². The minimum absolute atomic E-state index is 0.00891. The molecule has 0 spiro atoms. The molecule has 1 aliphatic rings. The molecule has 0 bridgehead atoms. The van der Waals surface area contributed by atoms with Gasteiger partial charge in [0.15, 0.2) is 24.2 Å². The van der Waals surface area contributed by atoms with E-state index in [1.165, 1.54) is 32.9 Å². The first-order valence-electron chi connectivity index (χ1n) is 15.7. The van der Waals surface area contributed by atoms with Crippen molar-refractivity contribution in [3.8, 4) is 34.5 Å². The molecule has 16 nitrogen and oxygen atoms in total. The first-order valence-corrected chi connectivity index (χ1v) is 15.7. The molecule has 1 aliphatic heterocycles. The number of amides is 1. The van der Waals surface area contributed by atoms with Gasteiger partial charge in [-0.15, -0.1) is 0 Å². The summed E-state index contributed by atoms with van der Waals surface area (Å²) in [5.74, 6) is -6.37. The number of hydrogen-bond acceptors (Lipinski definition) is 15. The van der Waals surface area contributed by atoms with Gasteiger partial charge in [0.25, 0.3) is 5.91 Å². The minimum Gasteiger partial charge on any atom is -0.481 e. The van der Waals surface area contributed by atoms with Crippen molar-refractivity contribution in [3.63, 3.8) is 0 Å². The number of fused-ring (bicyclic) bond motifs is 1. The van der Waals surface area contributed by atoms with Crippen LogP contribution >= 0.6 is 0 Å². The monoisotopic (exact) mass is 721 g/mol. The van der Waals surface area contributed by atoms with Gasteiger partial charge >= 0.3 is 35.8 Å². The van der Waals surface area contributed by atoms with Gasteiger partial charge in [-0.2, -0.15) is 0 Å². The smallest absolute Gasteiger partial charge is 0.338 e. The highest BCUT2D eigenvalue weighted by Gasteiger charge is 2.37. The number of benzene rings is 3. The Kier molecular flexibility index (Phi) is 12.5. The topological polar surface area (TPSA) is 205 Å². The summed E-state index contributed by atoms with van der Waals surface area (Å²) in [5, 5.41) is 2.36. The number of ether oxygens (including phenoxy) is 8. The number of carbonyl (C=O) groups is 7. The normalized spacial score (nSPS) is 15.0. The van der Waals surface area contributed by atoms with Gasteiger partial charge in [-0.25, -0.2) is 9.59 Å². The Labute approximate surface area is 297 Å². The maximum Gasteiger partial charge on any atom is 0.338 e. The van der Waals surface area contributed by atoms with Crippen LogP contribution in [-0.2, 0) is 44.7 Å². The van der Waals surface area contributed by atoms with Gasteiger partial charge in [0.2, 0.25) is 5.75 Å². The summed E-state index contributed by atoms with van der Waals surface area (Å²) < 4.78 is 43.6. The summed E-state index contributed by atoms with van der Waals surface area (Å²) in [4.78, 5) is 85.9. The van der Waals surface area contributed by atoms with Crippen molar-refractivity contribution in [1.82, 2.24) is 5.32 Å². The lowest BCUT2D eigenvalue weighted by Gasteiger charge is -2.34. The van der Waals surface area contributed by atoms with Crippen LogP contribution in [0.1, 0.15) is 62.2 Å². The Bertz CT molecular complexity index is 1850. The van der Waals surface area contributed by atoms with Crippen molar-refractivity contribution in [2.75, 3.05) is 13.7 Å². The van der Waals surface area contributed by atoms with Crippen LogP contribution in [0.25, 0.3) is 0 Å². The molecule has 0 unspecified atom stereocenters. The van der Waals surface area contributed by atoms with E-state index in [2.05, 4.69) is 10.1 Å². The van der Waals surface area contributed by atoms with Crippen LogP contribution < -0.4 is 33.7 Å². The third-order valence-corrected chi connectivity index (χ3v) is 7.08. The molecule has 1 amide bonds. The van der Waals surface area contributed by atoms with Crippen molar-refractivity contribution in [3.05, 3.63) is 71.3 Å². The average Bonchev–Trinajstić information content (AvgIpc) is 3.06. The van der Waals surface area contributed by atoms with Crippen molar-refractivity contribution >= 4 is 41.7 Å². The van der Waals surface area contributed by atoms with Crippen LogP contribution in [0.3, 0.4) is 0 Å². The van der Waals surface area contributed by atoms with Gasteiger partial charge in [-0.05, 0) is 24.6 Å². The Morgan fingerprint density at radius 3 is 1.92 bits per heavy atom. The van der Waals surface area contributed by atoms with Gasteiger partial charge in [0.1, 0.15) is 29.4 Å². The number of nitrogens with one attached hydrogen (secondary N) is 1. The molecule has 4 rings (SSSR count). The number of esters is 6. The van der Waals surface area contributed by atoms with E-state index in [0.29, 0.717) is 11.1 Å². The van der Waals surface area contributed by atoms with E-state index < -0.39 is 78.1 Å². The van der Waals surface area contributed by atoms with Crippen LogP contribution in [0, 0.1) is 0 Å². The second-order valence-corrected chi connectivity index (χ2v) is 11.3. The van der Waals surface area contributed by atoms with Crippen LogP contribution in [0.5, 0.6) is 34.5 Å². The molecule has 274 valence electrons. The molecule has 3 aromatic rings. The third kappa shape index (κ3) is 10.1. The van der Waals surface area contributed by atoms with E-state index in [-0.39, 0.29) is 35.0 Å². The molecule has 1 N–H and O–H groups in total. The van der Waals surface area contributed by atoms with Crippen molar-refractivity contribution in [2.45, 2.75) is 59.3 Å². The van der Waals surface area contributed by atoms with Crippen molar-refractivity contribution < 1.29 is 71.5 Å². The van der Waals surface area contributed by atoms with Crippen molar-refractivity contribution in [1.29, 1.82) is 0 Å². The number of rotatable bonds is 12. The first-order chi connectivity index (χ1) is 24.6. The molecule has 3 atom stereocenters. The lowest BCUT2D eigenvalue weighted by atomic mass is 9.93. The van der Waals surface area contributed by atoms with E-state index in [1.54, 1.807) is 30.3 Å². The lowest BCUT2D eigenvalue weighted by molar-refractivity contribution is -0.144. The van der Waals surface area contributed by atoms with Gasteiger partial charge in [-0.1, -0.05) is 30.3 Å². The number of hydrogen-bond donors (Lipinski definition) is 1. The highest BCUT2D eigenvalue weighted by Crippen LogP contribution is 2.45. The largest absolute Gasteiger partial charge is 0.481 e. The van der Waals surface area contributed by atoms with Gasteiger partial charge in [0, 0.05) is 51.8 Å². The molecule has 0 saturated carbocycles. The van der Waals surface area contributed by atoms with E-state index in [9.17, 15) is 33.6 Å². The van der Waals surface area contributed by atoms with E-state index in [4.69, 9.17) is 33.2 Å². The molecule has 0 aromatic heterocycles. The molecule has 0 fully saturated rings. The molecule has 16 heteroatoms. The molecular weight excluding hydrogens is 686 g/mol. The Hall–Kier alpha value is -6.45. The second kappa shape index (κ2) is 17.0. The summed E-state index contributed by atoms with van der Waals surface area (Å²) >= 11 is 0. The fraction of sp³-hybridized carbons (Fsp3) is 0.306. The standard InChI is InChI=1S/C36H35NO15/c1-18(35(43)45-6)37-32(42)17-46-34-29(49-21(4)40)12-24(13-30(34)50-22(5)41)36(44)52-31-16-26-27(48-20(3)39)14-25(47-19(2)38)15-28(26)51-33(31)23-10-8-7-9-11-23/h7-15,18,31,33H,16-17H2,1-6H3,(H,37,42)/t18-,31+,33+/m0/s1. The fourth-order valence-electron chi connectivity index (χ4n) is 5.08. The van der Waals surface area contributed by atoms with Crippen LogP contribution in [0.15, 0.2) is 54.6 Å². The zero-order chi connectivity index (χ0) is 38.1. The summed E-state index contributed by atoms with van der Waals surface area (Å²) in [7, 11) is 1.15. The SMILES string of the molecule is COC(=O)[C@H](C)NC(=O)COc1c(OC(C)=O)cc(C(=O)O[C@@H]2Cc3c(OC(C)=O)cc(OC(C)=O)cc3O[C@@H]2c2ccccc2)cc1OC(C)=O. The zero-order valence-electron chi connectivity index (χ0n) is 29.0. The quantitative estimate of drug-likeness (QED) is 0.210. The Balaban J connectivity index is 1.72. The van der Waals surface area contributed by atoms with Crippen LogP contribution in [0.4, 0.5) is 0 Å². The number of methoxy groups -OCH3 is 1. The third-order valence-electron chi connectivity index (χ3n) is 7.08. The highest BCUT2D eigenvalue weighted by atomic mass is 16.6. The predicted octanol–water partition coefficient (Wildman–Crippen LogP) is 3.35. The lowest BCUT2D eigenvalue weighted by Crippen LogP contribution is -2.41. The molecule has 0 saturated heterocycles. The number of carbonyl (C=O) groups excluding carboxylic acids is 7. The van der Waals surface area contributed by atoms with E-state index >= 15 is 0 Å². The maximum absolute atomic E-state index is 13.9. The van der Waals surface area contributed by atoms with Gasteiger partial charge in [-0.3, -0.25) is 24.0 Å². The summed E-state index contributed by atoms with van der Waals surface area (Å²) in [6.45, 7) is 5.18. The highest BCUT2D eigenvalue weighted by molar-refractivity contribution is 5.92. The molecule has 0 aliphatic carbocycles. The maximum atomic E-state index is 13.9. The Morgan fingerprint density at radius 2 is 1.37 bits per heavy atom. The van der Waals surface area contributed by atoms with Gasteiger partial charge in [0.05, 0.1) is 12.7 Å². The van der Waals surface area contributed by atoms with E-state index in [0.717, 1.165) is 33.1 Å². The molecule has 52 heavy (non-hydrogen) atoms. The van der Waals surface area contributed by atoms with Crippen LogP contribution in [-0.4, -0.2) is 67.6 Å². The predicted molar refractivity (Wildman–Crippen MR) is 176 cm³/mol. The minimum atomic E-state index is -1.07. The zero-order valence-corrected chi connectivity index (χ0v) is 29.0. The van der Waals surface area contributed by atoms with Crippen molar-refractivity contribution in [2.24, 2.45) is 0 Å². The molecular formula is C36H35NO15. The molecule has 1 heterocycles. The van der Waals surface area contributed by atoms with Crippen LogP contribution in [0.2, 0.25) is 0 Å². The first kappa shape index (κ1) is 38.4. The summed E-state index contributed by atoms with van der Waals surface area (Å²) in [5.41, 5.74) is 0.676. The van der Waals surface area contributed by atoms with E-state index in [1.807, 2.05) is 0 Å². The second-order valence-electron chi connectivity index (χ2n) is 11.3. The fourth-order valence-corrected chi connectivity index (χ4v) is 5.08. The Morgan fingerprint density at radius 1 is 0.788 bits per heavy atom. The summed E-state index contributed by atoms with van der Waals surface area (Å²) in [6, 6.07) is 12.7. The average molecular weight is 722 g/mol.